The molecule has 6 rings (SSSR count). The lowest BCUT2D eigenvalue weighted by atomic mass is 9.69. The summed E-state index contributed by atoms with van der Waals surface area (Å²) in [5.41, 5.74) is 7.10. The molecule has 0 saturated carbocycles. The van der Waals surface area contributed by atoms with Gasteiger partial charge in [-0.1, -0.05) is 33.8 Å². The molecule has 0 spiro atoms. The van der Waals surface area contributed by atoms with E-state index < -0.39 is 5.63 Å². The van der Waals surface area contributed by atoms with Gasteiger partial charge >= 0.3 is 5.63 Å². The third-order valence-corrected chi connectivity index (χ3v) is 9.37. The van der Waals surface area contributed by atoms with Crippen molar-refractivity contribution >= 4 is 34.5 Å². The summed E-state index contributed by atoms with van der Waals surface area (Å²) < 4.78 is 11.8. The summed E-state index contributed by atoms with van der Waals surface area (Å²) in [6, 6.07) is 14.1. The summed E-state index contributed by atoms with van der Waals surface area (Å²) in [5.74, 6) is 0.885. The summed E-state index contributed by atoms with van der Waals surface area (Å²) in [6.45, 7) is 19.0. The van der Waals surface area contributed by atoms with E-state index >= 15 is 0 Å². The molecule has 232 valence electrons. The Morgan fingerprint density at radius 2 is 1.59 bits per heavy atom. The van der Waals surface area contributed by atoms with Gasteiger partial charge in [-0.15, -0.1) is 0 Å². The maximum Gasteiger partial charge on any atom is 0.343 e. The Labute approximate surface area is 270 Å². The van der Waals surface area contributed by atoms with Gasteiger partial charge in [0.1, 0.15) is 17.1 Å². The Hall–Kier alpha value is -5.27. The number of nitriles is 1. The standard InChI is InChI=1S/C39H38N4O3/c1-38(2)14-16-43-17-15-39(3,4)33-19-25(18-32(38)36(33)43)8-12-30-21-28(34(24-40)41-5)22-31(45-30)13-10-27-20-26-9-11-29(42(6)7)23-35(26)46-37(27)44/h8-13,18-23H,14-17H2,1-4,6-7H3/b12-8+,13-10+,34-28+. The molecule has 46 heavy (non-hydrogen) atoms. The number of benzene rings is 2. The molecule has 2 aromatic carbocycles. The molecule has 3 aliphatic heterocycles. The van der Waals surface area contributed by atoms with Crippen LogP contribution in [0.15, 0.2) is 92.7 Å². The van der Waals surface area contributed by atoms with Crippen molar-refractivity contribution < 1.29 is 9.15 Å². The van der Waals surface area contributed by atoms with Gasteiger partial charge in [-0.05, 0) is 107 Å². The van der Waals surface area contributed by atoms with Crippen LogP contribution in [0, 0.1) is 17.9 Å². The average Bonchev–Trinajstić information content (AvgIpc) is 3.02. The Kier molecular flexibility index (Phi) is 7.74. The zero-order chi connectivity index (χ0) is 32.8. The molecule has 1 aromatic heterocycles. The van der Waals surface area contributed by atoms with Crippen LogP contribution in [-0.2, 0) is 15.6 Å². The van der Waals surface area contributed by atoms with E-state index in [0.717, 1.165) is 42.6 Å². The highest BCUT2D eigenvalue weighted by Gasteiger charge is 2.39. The smallest absolute Gasteiger partial charge is 0.343 e. The summed E-state index contributed by atoms with van der Waals surface area (Å²) in [4.78, 5) is 20.8. The topological polar surface area (TPSA) is 74.1 Å². The quantitative estimate of drug-likeness (QED) is 0.165. The van der Waals surface area contributed by atoms with Crippen LogP contribution in [0.4, 0.5) is 11.4 Å². The minimum Gasteiger partial charge on any atom is -0.457 e. The lowest BCUT2D eigenvalue weighted by Gasteiger charge is -2.48. The van der Waals surface area contributed by atoms with Crippen LogP contribution in [0.5, 0.6) is 0 Å². The second-order valence-electron chi connectivity index (χ2n) is 13.7. The van der Waals surface area contributed by atoms with E-state index in [1.165, 1.54) is 16.8 Å². The summed E-state index contributed by atoms with van der Waals surface area (Å²) >= 11 is 0. The third-order valence-electron chi connectivity index (χ3n) is 9.37. The minimum atomic E-state index is -0.470. The first-order valence-corrected chi connectivity index (χ1v) is 15.6. The van der Waals surface area contributed by atoms with Gasteiger partial charge in [0.25, 0.3) is 5.70 Å². The maximum absolute atomic E-state index is 12.8. The van der Waals surface area contributed by atoms with Crippen LogP contribution in [0.2, 0.25) is 0 Å². The Balaban J connectivity index is 1.34. The van der Waals surface area contributed by atoms with Crippen molar-refractivity contribution in [2.24, 2.45) is 0 Å². The highest BCUT2D eigenvalue weighted by Crippen LogP contribution is 2.49. The molecule has 0 amide bonds. The average molecular weight is 611 g/mol. The summed E-state index contributed by atoms with van der Waals surface area (Å²) in [7, 11) is 3.86. The summed E-state index contributed by atoms with van der Waals surface area (Å²) in [6.07, 6.45) is 12.8. The minimum absolute atomic E-state index is 0.0381. The van der Waals surface area contributed by atoms with Crippen LogP contribution in [0.1, 0.15) is 62.8 Å². The van der Waals surface area contributed by atoms with Crippen molar-refractivity contribution in [2.75, 3.05) is 37.0 Å². The second-order valence-corrected chi connectivity index (χ2v) is 13.7. The first kappa shape index (κ1) is 30.7. The molecule has 7 nitrogen and oxygen atoms in total. The van der Waals surface area contributed by atoms with E-state index in [1.54, 1.807) is 30.4 Å². The molecule has 0 aliphatic carbocycles. The molecule has 0 N–H and O–H groups in total. The largest absolute Gasteiger partial charge is 0.457 e. The van der Waals surface area contributed by atoms with Crippen LogP contribution >= 0.6 is 0 Å². The number of ether oxygens (including phenoxy) is 1. The van der Waals surface area contributed by atoms with Crippen LogP contribution in [-0.4, -0.2) is 27.2 Å². The number of rotatable bonds is 5. The highest BCUT2D eigenvalue weighted by atomic mass is 16.5. The van der Waals surface area contributed by atoms with Crippen molar-refractivity contribution in [2.45, 2.75) is 51.4 Å². The van der Waals surface area contributed by atoms with E-state index in [-0.39, 0.29) is 16.5 Å². The fourth-order valence-electron chi connectivity index (χ4n) is 6.42. The molecular formula is C39H38N4O3. The number of nitrogens with zero attached hydrogens (tertiary/aromatic N) is 4. The number of anilines is 2. The number of allylic oxidation sites excluding steroid dienone is 6. The van der Waals surface area contributed by atoms with Crippen molar-refractivity contribution in [3.8, 4) is 6.07 Å². The molecule has 0 radical (unpaired) electrons. The van der Waals surface area contributed by atoms with Crippen LogP contribution < -0.4 is 15.4 Å². The lowest BCUT2D eigenvalue weighted by molar-refractivity contribution is 0.332. The number of hydrogen-bond donors (Lipinski definition) is 0. The number of fused-ring (bicyclic) bond motifs is 1. The molecule has 0 bridgehead atoms. The van der Waals surface area contributed by atoms with E-state index in [2.05, 4.69) is 49.6 Å². The third kappa shape index (κ3) is 5.77. The normalized spacial score (nSPS) is 19.2. The predicted octanol–water partition coefficient (Wildman–Crippen LogP) is 8.25. The second kappa shape index (κ2) is 11.6. The van der Waals surface area contributed by atoms with Crippen molar-refractivity contribution in [1.29, 1.82) is 5.26 Å². The van der Waals surface area contributed by atoms with Crippen molar-refractivity contribution in [3.63, 3.8) is 0 Å². The zero-order valence-corrected chi connectivity index (χ0v) is 27.3. The Morgan fingerprint density at radius 1 is 0.957 bits per heavy atom. The molecule has 0 fully saturated rings. The number of hydrogen-bond acceptors (Lipinski definition) is 6. The molecule has 7 heteroatoms. The first-order valence-electron chi connectivity index (χ1n) is 15.6. The van der Waals surface area contributed by atoms with E-state index in [9.17, 15) is 10.1 Å². The highest BCUT2D eigenvalue weighted by molar-refractivity contribution is 5.82. The van der Waals surface area contributed by atoms with E-state index in [0.29, 0.717) is 28.2 Å². The van der Waals surface area contributed by atoms with Gasteiger partial charge in [0.05, 0.1) is 18.2 Å². The fourth-order valence-corrected chi connectivity index (χ4v) is 6.42. The molecule has 3 aliphatic rings. The van der Waals surface area contributed by atoms with Gasteiger partial charge in [-0.3, -0.25) is 0 Å². The molecule has 0 saturated heterocycles. The zero-order valence-electron chi connectivity index (χ0n) is 27.3. The fraction of sp³-hybridized carbons (Fsp3) is 0.308. The maximum atomic E-state index is 12.8. The summed E-state index contributed by atoms with van der Waals surface area (Å²) in [5, 5.41) is 10.4. The predicted molar refractivity (Wildman–Crippen MR) is 185 cm³/mol. The molecular weight excluding hydrogens is 572 g/mol. The Bertz CT molecular complexity index is 2000. The first-order chi connectivity index (χ1) is 21.9. The lowest BCUT2D eigenvalue weighted by Crippen LogP contribution is -2.44. The molecule has 3 aromatic rings. The van der Waals surface area contributed by atoms with E-state index in [4.69, 9.17) is 15.7 Å². The van der Waals surface area contributed by atoms with Crippen LogP contribution in [0.25, 0.3) is 28.0 Å². The van der Waals surface area contributed by atoms with Crippen molar-refractivity contribution in [1.82, 2.24) is 0 Å². The molecule has 0 unspecified atom stereocenters. The van der Waals surface area contributed by atoms with Gasteiger partial charge in [0.2, 0.25) is 0 Å². The van der Waals surface area contributed by atoms with Gasteiger partial charge < -0.3 is 19.0 Å². The van der Waals surface area contributed by atoms with Crippen molar-refractivity contribution in [3.05, 3.63) is 128 Å². The van der Waals surface area contributed by atoms with Crippen LogP contribution in [0.3, 0.4) is 0 Å². The van der Waals surface area contributed by atoms with Gasteiger partial charge in [-0.25, -0.2) is 14.9 Å². The van der Waals surface area contributed by atoms with Gasteiger partial charge in [0.15, 0.2) is 0 Å². The monoisotopic (exact) mass is 610 g/mol. The molecule has 4 heterocycles. The van der Waals surface area contributed by atoms with E-state index in [1.807, 2.05) is 55.4 Å². The Morgan fingerprint density at radius 3 is 2.17 bits per heavy atom. The SMILES string of the molecule is [C-]#[N+]/C(C#N)=C1C=C(/C=C/c2cc3c4c(c2)C(C)(C)CCN4CCC3(C)C)OC(/C=C/c2cc3ccc(N(C)C)cc3oc2=O)=C\1. The van der Waals surface area contributed by atoms with Gasteiger partial charge in [0, 0.05) is 50.0 Å². The van der Waals surface area contributed by atoms with Gasteiger partial charge in [-0.2, -0.15) is 0 Å². The molecule has 0 atom stereocenters.